The van der Waals surface area contributed by atoms with Crippen molar-refractivity contribution in [3.8, 4) is 0 Å². The second-order valence-electron chi connectivity index (χ2n) is 6.01. The lowest BCUT2D eigenvalue weighted by molar-refractivity contribution is 0.313. The summed E-state index contributed by atoms with van der Waals surface area (Å²) in [7, 11) is -3.34. The summed E-state index contributed by atoms with van der Waals surface area (Å²) in [6.07, 6.45) is 3.05. The normalized spacial score (nSPS) is 22.5. The fourth-order valence-electron chi connectivity index (χ4n) is 2.67. The van der Waals surface area contributed by atoms with Crippen LogP contribution in [0.3, 0.4) is 0 Å². The smallest absolute Gasteiger partial charge is 0.216 e. The van der Waals surface area contributed by atoms with E-state index in [1.54, 1.807) is 24.3 Å². The minimum Gasteiger partial charge on any atom is -0.398 e. The number of rotatable bonds is 4. The van der Waals surface area contributed by atoms with Crippen LogP contribution < -0.4 is 10.5 Å². The van der Waals surface area contributed by atoms with Crippen LogP contribution in [0.4, 0.5) is 5.69 Å². The Hall–Kier alpha value is -1.07. The molecule has 1 unspecified atom stereocenters. The van der Waals surface area contributed by atoms with Gasteiger partial charge in [0.2, 0.25) is 10.0 Å². The Morgan fingerprint density at radius 2 is 2.05 bits per heavy atom. The van der Waals surface area contributed by atoms with Gasteiger partial charge in [0.05, 0.1) is 5.75 Å². The average Bonchev–Trinajstić information content (AvgIpc) is 2.61. The molecule has 0 radical (unpaired) electrons. The molecule has 1 fully saturated rings. The maximum atomic E-state index is 12.2. The van der Waals surface area contributed by atoms with Gasteiger partial charge < -0.3 is 5.73 Å². The monoisotopic (exact) mass is 282 g/mol. The summed E-state index contributed by atoms with van der Waals surface area (Å²) in [6.45, 7) is 4.23. The molecule has 5 heteroatoms. The molecule has 1 aliphatic rings. The summed E-state index contributed by atoms with van der Waals surface area (Å²) in [6, 6.07) is 7.13. The molecule has 3 N–H and O–H groups in total. The van der Waals surface area contributed by atoms with Crippen molar-refractivity contribution in [3.63, 3.8) is 0 Å². The van der Waals surface area contributed by atoms with Crippen LogP contribution in [0.15, 0.2) is 24.3 Å². The number of sulfonamides is 1. The SMILES string of the molecule is CC1(C)CCCC1NS(=O)(=O)Cc1ccccc1N. The molecule has 0 heterocycles. The predicted molar refractivity (Wildman–Crippen MR) is 78.0 cm³/mol. The highest BCUT2D eigenvalue weighted by Gasteiger charge is 2.36. The van der Waals surface area contributed by atoms with E-state index in [-0.39, 0.29) is 17.2 Å². The minimum atomic E-state index is -3.34. The second kappa shape index (κ2) is 5.13. The van der Waals surface area contributed by atoms with Gasteiger partial charge in [0.25, 0.3) is 0 Å². The van der Waals surface area contributed by atoms with Crippen LogP contribution in [0.1, 0.15) is 38.7 Å². The summed E-state index contributed by atoms with van der Waals surface area (Å²) in [5, 5.41) is 0. The fourth-order valence-corrected chi connectivity index (χ4v) is 4.30. The summed E-state index contributed by atoms with van der Waals surface area (Å²) < 4.78 is 27.3. The highest BCUT2D eigenvalue weighted by molar-refractivity contribution is 7.88. The number of anilines is 1. The lowest BCUT2D eigenvalue weighted by Gasteiger charge is -2.27. The third-order valence-electron chi connectivity index (χ3n) is 3.98. The molecule has 0 aromatic heterocycles. The van der Waals surface area contributed by atoms with Crippen LogP contribution in [0.2, 0.25) is 0 Å². The van der Waals surface area contributed by atoms with Crippen molar-refractivity contribution in [1.82, 2.24) is 4.72 Å². The van der Waals surface area contributed by atoms with E-state index in [9.17, 15) is 8.42 Å². The Morgan fingerprint density at radius 1 is 1.37 bits per heavy atom. The van der Waals surface area contributed by atoms with E-state index in [2.05, 4.69) is 18.6 Å². The Bertz CT molecular complexity index is 552. The van der Waals surface area contributed by atoms with Crippen molar-refractivity contribution < 1.29 is 8.42 Å². The van der Waals surface area contributed by atoms with Crippen molar-refractivity contribution in [2.24, 2.45) is 5.41 Å². The number of nitrogens with two attached hydrogens (primary N) is 1. The zero-order valence-electron chi connectivity index (χ0n) is 11.5. The van der Waals surface area contributed by atoms with Gasteiger partial charge in [-0.1, -0.05) is 38.5 Å². The summed E-state index contributed by atoms with van der Waals surface area (Å²) in [4.78, 5) is 0. The van der Waals surface area contributed by atoms with Crippen LogP contribution >= 0.6 is 0 Å². The Kier molecular flexibility index (Phi) is 3.87. The zero-order valence-corrected chi connectivity index (χ0v) is 12.3. The third kappa shape index (κ3) is 3.48. The van der Waals surface area contributed by atoms with E-state index in [0.29, 0.717) is 11.3 Å². The first-order chi connectivity index (χ1) is 8.80. The topological polar surface area (TPSA) is 72.2 Å². The summed E-state index contributed by atoms with van der Waals surface area (Å²) in [5.41, 5.74) is 7.02. The van der Waals surface area contributed by atoms with Gasteiger partial charge in [0, 0.05) is 11.7 Å². The van der Waals surface area contributed by atoms with Gasteiger partial charge in [0.15, 0.2) is 0 Å². The molecule has 106 valence electrons. The molecular weight excluding hydrogens is 260 g/mol. The first-order valence-corrected chi connectivity index (χ1v) is 8.29. The Balaban J connectivity index is 2.10. The van der Waals surface area contributed by atoms with E-state index in [4.69, 9.17) is 5.73 Å². The number of nitrogens with one attached hydrogen (secondary N) is 1. The van der Waals surface area contributed by atoms with E-state index in [0.717, 1.165) is 19.3 Å². The first-order valence-electron chi connectivity index (χ1n) is 6.63. The lowest BCUT2D eigenvalue weighted by atomic mass is 9.88. The molecule has 1 aliphatic carbocycles. The van der Waals surface area contributed by atoms with Crippen LogP contribution in [-0.2, 0) is 15.8 Å². The highest BCUT2D eigenvalue weighted by atomic mass is 32.2. The van der Waals surface area contributed by atoms with E-state index >= 15 is 0 Å². The lowest BCUT2D eigenvalue weighted by Crippen LogP contribution is -2.41. The quantitative estimate of drug-likeness (QED) is 0.832. The number of benzene rings is 1. The summed E-state index contributed by atoms with van der Waals surface area (Å²) >= 11 is 0. The molecular formula is C14H22N2O2S. The molecule has 0 aliphatic heterocycles. The van der Waals surface area contributed by atoms with E-state index < -0.39 is 10.0 Å². The molecule has 2 rings (SSSR count). The number of nitrogen functional groups attached to an aromatic ring is 1. The van der Waals surface area contributed by atoms with Gasteiger partial charge in [-0.25, -0.2) is 13.1 Å². The van der Waals surface area contributed by atoms with Crippen LogP contribution in [0.25, 0.3) is 0 Å². The van der Waals surface area contributed by atoms with Gasteiger partial charge >= 0.3 is 0 Å². The maximum Gasteiger partial charge on any atom is 0.216 e. The molecule has 1 aromatic rings. The van der Waals surface area contributed by atoms with Crippen molar-refractivity contribution in [1.29, 1.82) is 0 Å². The standard InChI is InChI=1S/C14H22N2O2S/c1-14(2)9-5-8-13(14)16-19(17,18)10-11-6-3-4-7-12(11)15/h3-4,6-7,13,16H,5,8-10,15H2,1-2H3. The van der Waals surface area contributed by atoms with E-state index in [1.807, 2.05) is 0 Å². The molecule has 1 atom stereocenters. The minimum absolute atomic E-state index is 0.0300. The molecule has 4 nitrogen and oxygen atoms in total. The van der Waals surface area contributed by atoms with Gasteiger partial charge in [-0.05, 0) is 29.9 Å². The largest absolute Gasteiger partial charge is 0.398 e. The van der Waals surface area contributed by atoms with Crippen molar-refractivity contribution >= 4 is 15.7 Å². The van der Waals surface area contributed by atoms with Crippen LogP contribution in [0.5, 0.6) is 0 Å². The number of hydrogen-bond donors (Lipinski definition) is 2. The van der Waals surface area contributed by atoms with Crippen molar-refractivity contribution in [2.45, 2.75) is 44.9 Å². The molecule has 0 bridgehead atoms. The van der Waals surface area contributed by atoms with Crippen LogP contribution in [0, 0.1) is 5.41 Å². The highest BCUT2D eigenvalue weighted by Crippen LogP contribution is 2.37. The van der Waals surface area contributed by atoms with Crippen LogP contribution in [-0.4, -0.2) is 14.5 Å². The Morgan fingerprint density at radius 3 is 2.63 bits per heavy atom. The van der Waals surface area contributed by atoms with Gasteiger partial charge in [0.1, 0.15) is 0 Å². The molecule has 0 saturated heterocycles. The number of para-hydroxylation sites is 1. The molecule has 1 saturated carbocycles. The first kappa shape index (κ1) is 14.3. The molecule has 0 amide bonds. The summed E-state index contributed by atoms with van der Waals surface area (Å²) in [5.74, 6) is -0.0494. The predicted octanol–water partition coefficient (Wildman–Crippen LogP) is 2.27. The zero-order chi connectivity index (χ0) is 14.1. The van der Waals surface area contributed by atoms with Gasteiger partial charge in [-0.3, -0.25) is 0 Å². The van der Waals surface area contributed by atoms with E-state index in [1.165, 1.54) is 0 Å². The van der Waals surface area contributed by atoms with Gasteiger partial charge in [-0.15, -0.1) is 0 Å². The van der Waals surface area contributed by atoms with Gasteiger partial charge in [-0.2, -0.15) is 0 Å². The average molecular weight is 282 g/mol. The van der Waals surface area contributed by atoms with Crippen molar-refractivity contribution in [2.75, 3.05) is 5.73 Å². The molecule has 0 spiro atoms. The number of hydrogen-bond acceptors (Lipinski definition) is 3. The Labute approximate surface area is 115 Å². The molecule has 19 heavy (non-hydrogen) atoms. The second-order valence-corrected chi connectivity index (χ2v) is 7.76. The maximum absolute atomic E-state index is 12.2. The third-order valence-corrected chi connectivity index (χ3v) is 5.31. The molecule has 1 aromatic carbocycles. The van der Waals surface area contributed by atoms with Crippen molar-refractivity contribution in [3.05, 3.63) is 29.8 Å². The fraction of sp³-hybridized carbons (Fsp3) is 0.571.